The summed E-state index contributed by atoms with van der Waals surface area (Å²) in [5.74, 6) is -2.08. The number of halogens is 3. The second-order valence-corrected chi connectivity index (χ2v) is 8.20. The van der Waals surface area contributed by atoms with Crippen molar-refractivity contribution in [3.05, 3.63) is 44.5 Å². The highest BCUT2D eigenvalue weighted by atomic mass is 35.5. The minimum absolute atomic E-state index is 0.0838. The number of carboxylic acid groups (broad SMARTS) is 1. The third-order valence-corrected chi connectivity index (χ3v) is 6.34. The Morgan fingerprint density at radius 2 is 2.03 bits per heavy atom. The van der Waals surface area contributed by atoms with Gasteiger partial charge in [-0.15, -0.1) is 0 Å². The molecule has 1 aliphatic heterocycles. The molecule has 1 aromatic heterocycles. The number of carboxylic acids is 1. The Bertz CT molecular complexity index is 1150. The van der Waals surface area contributed by atoms with Crippen LogP contribution >= 0.6 is 11.6 Å². The Morgan fingerprint density at radius 3 is 2.55 bits per heavy atom. The molecule has 31 heavy (non-hydrogen) atoms. The van der Waals surface area contributed by atoms with Crippen LogP contribution in [0.1, 0.15) is 35.7 Å². The van der Waals surface area contributed by atoms with Crippen LogP contribution < -0.4 is 20.8 Å². The molecule has 2 aromatic rings. The lowest BCUT2D eigenvalue weighted by Gasteiger charge is -2.33. The predicted octanol–water partition coefficient (Wildman–Crippen LogP) is 3.18. The van der Waals surface area contributed by atoms with Crippen LogP contribution in [0, 0.1) is 5.82 Å². The summed E-state index contributed by atoms with van der Waals surface area (Å²) in [5, 5.41) is 9.85. The van der Waals surface area contributed by atoms with Gasteiger partial charge in [0, 0.05) is 37.3 Å². The van der Waals surface area contributed by atoms with E-state index in [0.29, 0.717) is 31.0 Å². The molecule has 1 saturated carbocycles. The molecule has 2 aliphatic rings. The van der Waals surface area contributed by atoms with Crippen molar-refractivity contribution >= 4 is 34.2 Å². The van der Waals surface area contributed by atoms with Crippen molar-refractivity contribution in [2.24, 2.45) is 5.73 Å². The van der Waals surface area contributed by atoms with Crippen LogP contribution in [0.25, 0.3) is 10.9 Å². The molecule has 166 valence electrons. The number of rotatable bonds is 5. The third kappa shape index (κ3) is 3.65. The molecule has 1 aliphatic carbocycles. The largest absolute Gasteiger partial charge is 0.492 e. The van der Waals surface area contributed by atoms with Crippen LogP contribution in [0.2, 0.25) is 0 Å². The monoisotopic (exact) mass is 453 g/mol. The topological polar surface area (TPSA) is 97.8 Å². The number of nitrogens with zero attached hydrogens (tertiary/aromatic N) is 2. The standard InChI is InChI=1S/C21H22ClF2N3O4/c1-31-20-17-11(19(28)12(21(29)30)9-27(17)16-7-14(16)23)6-15(24)18(20)26-4-2-10(3-5-26)13(22)8-25/h6,9,14,16H,2-5,7-8,25H2,1H3,(H,29,30)/t14-,16+/m0/s1. The van der Waals surface area contributed by atoms with Crippen molar-refractivity contribution in [1.82, 2.24) is 4.57 Å². The van der Waals surface area contributed by atoms with Crippen LogP contribution in [0.15, 0.2) is 27.7 Å². The zero-order valence-corrected chi connectivity index (χ0v) is 17.6. The number of pyridine rings is 1. The van der Waals surface area contributed by atoms with E-state index in [1.54, 1.807) is 4.90 Å². The van der Waals surface area contributed by atoms with E-state index < -0.39 is 35.0 Å². The number of hydrogen-bond acceptors (Lipinski definition) is 5. The van der Waals surface area contributed by atoms with Crippen LogP contribution in [0.5, 0.6) is 5.75 Å². The van der Waals surface area contributed by atoms with E-state index in [-0.39, 0.29) is 35.3 Å². The number of anilines is 1. The number of methoxy groups -OCH3 is 1. The Labute approximate surface area is 181 Å². The van der Waals surface area contributed by atoms with Gasteiger partial charge in [0.15, 0.2) is 11.6 Å². The molecule has 0 amide bonds. The number of ether oxygens (including phenoxy) is 1. The number of alkyl halides is 1. The molecule has 2 fully saturated rings. The highest BCUT2D eigenvalue weighted by molar-refractivity contribution is 6.30. The van der Waals surface area contributed by atoms with E-state index in [2.05, 4.69) is 0 Å². The molecule has 0 radical (unpaired) electrons. The molecule has 0 bridgehead atoms. The minimum Gasteiger partial charge on any atom is -0.492 e. The van der Waals surface area contributed by atoms with Crippen molar-refractivity contribution in [2.45, 2.75) is 31.5 Å². The predicted molar refractivity (Wildman–Crippen MR) is 114 cm³/mol. The average Bonchev–Trinajstić information content (AvgIpc) is 3.49. The highest BCUT2D eigenvalue weighted by Gasteiger charge is 2.41. The molecular formula is C21H22ClF2N3O4. The average molecular weight is 454 g/mol. The lowest BCUT2D eigenvalue weighted by molar-refractivity contribution is 0.0694. The highest BCUT2D eigenvalue weighted by Crippen LogP contribution is 2.45. The number of benzene rings is 1. The maximum atomic E-state index is 15.3. The van der Waals surface area contributed by atoms with Crippen molar-refractivity contribution in [3.63, 3.8) is 0 Å². The first-order valence-corrected chi connectivity index (χ1v) is 10.3. The molecule has 2 atom stereocenters. The van der Waals surface area contributed by atoms with E-state index in [1.807, 2.05) is 0 Å². The molecule has 7 nitrogen and oxygen atoms in total. The second kappa shape index (κ2) is 8.12. The fraction of sp³-hybridized carbons (Fsp3) is 0.429. The van der Waals surface area contributed by atoms with Gasteiger partial charge in [-0.3, -0.25) is 4.79 Å². The third-order valence-electron chi connectivity index (χ3n) is 5.92. The lowest BCUT2D eigenvalue weighted by atomic mass is 10.0. The van der Waals surface area contributed by atoms with Crippen molar-refractivity contribution in [1.29, 1.82) is 0 Å². The Balaban J connectivity index is 1.91. The summed E-state index contributed by atoms with van der Waals surface area (Å²) in [6.45, 7) is 1.16. The maximum Gasteiger partial charge on any atom is 0.341 e. The Kier molecular flexibility index (Phi) is 5.65. The number of fused-ring (bicyclic) bond motifs is 1. The smallest absolute Gasteiger partial charge is 0.341 e. The quantitative estimate of drug-likeness (QED) is 0.721. The molecular weight excluding hydrogens is 432 g/mol. The first-order chi connectivity index (χ1) is 14.8. The SMILES string of the molecule is COc1c(N2CCC(=C(Cl)CN)CC2)c(F)cc2c(=O)c(C(=O)O)cn([C@@H]3C[C@@H]3F)c12. The number of hydrogen-bond donors (Lipinski definition) is 2. The van der Waals surface area contributed by atoms with E-state index in [4.69, 9.17) is 22.1 Å². The van der Waals surface area contributed by atoms with Crippen LogP contribution in [0.4, 0.5) is 14.5 Å². The molecule has 0 unspecified atom stereocenters. The summed E-state index contributed by atoms with van der Waals surface area (Å²) in [7, 11) is 1.35. The van der Waals surface area contributed by atoms with E-state index >= 15 is 4.39 Å². The molecule has 0 spiro atoms. The molecule has 1 saturated heterocycles. The zero-order chi connectivity index (χ0) is 22.4. The number of aromatic carboxylic acids is 1. The fourth-order valence-electron chi connectivity index (χ4n) is 4.20. The van der Waals surface area contributed by atoms with Gasteiger partial charge in [0.1, 0.15) is 17.4 Å². The summed E-state index contributed by atoms with van der Waals surface area (Å²) in [5.41, 5.74) is 5.60. The Morgan fingerprint density at radius 1 is 1.39 bits per heavy atom. The van der Waals surface area contributed by atoms with Gasteiger partial charge in [-0.05, 0) is 18.9 Å². The van der Waals surface area contributed by atoms with E-state index in [1.165, 1.54) is 11.7 Å². The van der Waals surface area contributed by atoms with E-state index in [9.17, 15) is 19.1 Å². The van der Waals surface area contributed by atoms with Crippen molar-refractivity contribution in [2.75, 3.05) is 31.6 Å². The van der Waals surface area contributed by atoms with Crippen molar-refractivity contribution in [3.8, 4) is 5.75 Å². The summed E-state index contributed by atoms with van der Waals surface area (Å²) in [6, 6.07) is 0.388. The summed E-state index contributed by atoms with van der Waals surface area (Å²) >= 11 is 6.16. The number of aromatic nitrogens is 1. The minimum atomic E-state index is -1.45. The number of nitrogens with two attached hydrogens (primary N) is 1. The van der Waals surface area contributed by atoms with Gasteiger partial charge >= 0.3 is 5.97 Å². The normalized spacial score (nSPS) is 20.8. The van der Waals surface area contributed by atoms with Gasteiger partial charge in [0.2, 0.25) is 5.43 Å². The van der Waals surface area contributed by atoms with E-state index in [0.717, 1.165) is 17.8 Å². The van der Waals surface area contributed by atoms with Gasteiger partial charge in [0.05, 0.1) is 24.1 Å². The van der Waals surface area contributed by atoms with Crippen LogP contribution in [-0.2, 0) is 0 Å². The molecule has 10 heteroatoms. The van der Waals surface area contributed by atoms with Crippen LogP contribution in [-0.4, -0.2) is 48.6 Å². The number of carbonyl (C=O) groups is 1. The molecule has 2 heterocycles. The fourth-order valence-corrected chi connectivity index (χ4v) is 4.39. The summed E-state index contributed by atoms with van der Waals surface area (Å²) in [4.78, 5) is 26.1. The van der Waals surface area contributed by atoms with Gasteiger partial charge in [-0.1, -0.05) is 17.2 Å². The summed E-state index contributed by atoms with van der Waals surface area (Å²) in [6.07, 6.45) is 1.32. The van der Waals surface area contributed by atoms with Gasteiger partial charge in [-0.2, -0.15) is 0 Å². The first kappa shape index (κ1) is 21.6. The van der Waals surface area contributed by atoms with Crippen LogP contribution in [0.3, 0.4) is 0 Å². The van der Waals surface area contributed by atoms with Gasteiger partial charge in [0.25, 0.3) is 0 Å². The molecule has 4 rings (SSSR count). The second-order valence-electron chi connectivity index (χ2n) is 7.74. The Hall–Kier alpha value is -2.65. The molecule has 3 N–H and O–H groups in total. The first-order valence-electron chi connectivity index (χ1n) is 9.92. The molecule has 1 aromatic carbocycles. The van der Waals surface area contributed by atoms with Gasteiger partial charge < -0.3 is 25.0 Å². The maximum absolute atomic E-state index is 15.3. The van der Waals surface area contributed by atoms with Crippen molar-refractivity contribution < 1.29 is 23.4 Å². The number of piperidine rings is 1. The zero-order valence-electron chi connectivity index (χ0n) is 16.8. The lowest BCUT2D eigenvalue weighted by Crippen LogP contribution is -2.32. The van der Waals surface area contributed by atoms with Gasteiger partial charge in [-0.25, -0.2) is 13.6 Å². The summed E-state index contributed by atoms with van der Waals surface area (Å²) < 4.78 is 36.1.